The van der Waals surface area contributed by atoms with Crippen LogP contribution in [0.1, 0.15) is 5.56 Å². The highest BCUT2D eigenvalue weighted by Gasteiger charge is 1.99. The van der Waals surface area contributed by atoms with Gasteiger partial charge in [-0.25, -0.2) is 0 Å². The molecule has 2 aromatic rings. The lowest BCUT2D eigenvalue weighted by atomic mass is 10.2. The average molecular weight is 272 g/mol. The van der Waals surface area contributed by atoms with Crippen LogP contribution in [0.2, 0.25) is 0 Å². The normalized spacial score (nSPS) is 10.8. The van der Waals surface area contributed by atoms with Gasteiger partial charge in [-0.1, -0.05) is 34.2 Å². The van der Waals surface area contributed by atoms with Crippen molar-refractivity contribution in [3.63, 3.8) is 0 Å². The average Bonchev–Trinajstić information content (AvgIpc) is 2.46. The summed E-state index contributed by atoms with van der Waals surface area (Å²) in [5, 5.41) is 5.49. The molecular weight excluding hydrogens is 263 g/mol. The van der Waals surface area contributed by atoms with Crippen molar-refractivity contribution in [2.24, 2.45) is 0 Å². The number of aromatic nitrogens is 2. The van der Waals surface area contributed by atoms with E-state index in [1.165, 1.54) is 16.5 Å². The molecule has 0 N–H and O–H groups in total. The van der Waals surface area contributed by atoms with Crippen LogP contribution < -0.4 is 0 Å². The molecule has 1 aromatic carbocycles. The van der Waals surface area contributed by atoms with Crippen LogP contribution in [0.3, 0.4) is 0 Å². The van der Waals surface area contributed by atoms with Crippen LogP contribution in [-0.4, -0.2) is 9.78 Å². The number of aryl methyl sites for hydroxylation is 1. The van der Waals surface area contributed by atoms with Gasteiger partial charge in [0.25, 0.3) is 0 Å². The summed E-state index contributed by atoms with van der Waals surface area (Å²) in [6.45, 7) is 2.10. The third-order valence-electron chi connectivity index (χ3n) is 1.91. The Bertz CT molecular complexity index is 406. The van der Waals surface area contributed by atoms with Crippen molar-refractivity contribution in [3.05, 3.63) is 30.0 Å². The van der Waals surface area contributed by atoms with E-state index in [0.717, 1.165) is 4.55 Å². The first-order valence-corrected chi connectivity index (χ1v) is 5.32. The van der Waals surface area contributed by atoms with Crippen molar-refractivity contribution in [3.8, 4) is 0 Å². The number of benzene rings is 1. The summed E-state index contributed by atoms with van der Waals surface area (Å²) in [4.78, 5) is 0. The number of rotatable bonds is 1. The molecule has 12 heavy (non-hydrogen) atoms. The molecule has 0 atom stereocenters. The van der Waals surface area contributed by atoms with Crippen LogP contribution in [0.25, 0.3) is 10.9 Å². The van der Waals surface area contributed by atoms with Gasteiger partial charge in [0.2, 0.25) is 0 Å². The first-order valence-electron chi connectivity index (χ1n) is 3.79. The summed E-state index contributed by atoms with van der Waals surface area (Å²) in [5.74, 6) is 0. The zero-order valence-electron chi connectivity index (χ0n) is 6.79. The quantitative estimate of drug-likeness (QED) is 0.576. The van der Waals surface area contributed by atoms with Gasteiger partial charge in [-0.3, -0.25) is 4.68 Å². The number of halogens is 1. The predicted octanol–water partition coefficient (Wildman–Crippen LogP) is 2.74. The summed E-state index contributed by atoms with van der Waals surface area (Å²) in [5.41, 5.74) is 2.51. The third-order valence-corrected chi connectivity index (χ3v) is 2.56. The van der Waals surface area contributed by atoms with E-state index >= 15 is 0 Å². The molecule has 0 amide bonds. The molecule has 0 unspecified atom stereocenters. The second-order valence-electron chi connectivity index (χ2n) is 2.83. The molecule has 0 aliphatic heterocycles. The summed E-state index contributed by atoms with van der Waals surface area (Å²) in [6, 6.07) is 6.40. The second-order valence-corrected chi connectivity index (χ2v) is 3.51. The van der Waals surface area contributed by atoms with Crippen LogP contribution in [0.15, 0.2) is 24.4 Å². The van der Waals surface area contributed by atoms with E-state index < -0.39 is 0 Å². The molecule has 2 rings (SSSR count). The molecule has 0 fully saturated rings. The molecule has 0 aliphatic carbocycles. The monoisotopic (exact) mass is 272 g/mol. The fourth-order valence-electron chi connectivity index (χ4n) is 1.30. The highest BCUT2D eigenvalue weighted by molar-refractivity contribution is 14.1. The van der Waals surface area contributed by atoms with Gasteiger partial charge in [0, 0.05) is 5.39 Å². The number of nitrogens with zero attached hydrogens (tertiary/aromatic N) is 2. The summed E-state index contributed by atoms with van der Waals surface area (Å²) in [6.07, 6.45) is 1.92. The molecule has 0 saturated carbocycles. The van der Waals surface area contributed by atoms with E-state index in [-0.39, 0.29) is 0 Å². The highest BCUT2D eigenvalue weighted by Crippen LogP contribution is 2.15. The zero-order valence-corrected chi connectivity index (χ0v) is 8.95. The smallest absolute Gasteiger partial charge is 0.0931 e. The highest BCUT2D eigenvalue weighted by atomic mass is 127. The lowest BCUT2D eigenvalue weighted by Gasteiger charge is -1.96. The van der Waals surface area contributed by atoms with Crippen LogP contribution in [0, 0.1) is 6.92 Å². The molecule has 62 valence electrons. The Morgan fingerprint density at radius 3 is 3.08 bits per heavy atom. The lowest BCUT2D eigenvalue weighted by Crippen LogP contribution is -1.92. The Hall–Kier alpha value is -0.580. The Morgan fingerprint density at radius 1 is 1.50 bits per heavy atom. The van der Waals surface area contributed by atoms with Crippen LogP contribution >= 0.6 is 22.6 Å². The van der Waals surface area contributed by atoms with E-state index in [1.807, 2.05) is 10.9 Å². The van der Waals surface area contributed by atoms with Gasteiger partial charge in [-0.2, -0.15) is 5.10 Å². The van der Waals surface area contributed by atoms with Gasteiger partial charge in [-0.05, 0) is 19.1 Å². The van der Waals surface area contributed by atoms with Crippen LogP contribution in [-0.2, 0) is 4.55 Å². The molecule has 3 heteroatoms. The summed E-state index contributed by atoms with van der Waals surface area (Å²) >= 11 is 2.31. The molecule has 1 aromatic heterocycles. The number of hydrogen-bond acceptors (Lipinski definition) is 1. The molecule has 0 spiro atoms. The van der Waals surface area contributed by atoms with Gasteiger partial charge in [0.1, 0.15) is 0 Å². The van der Waals surface area contributed by atoms with Crippen molar-refractivity contribution < 1.29 is 0 Å². The van der Waals surface area contributed by atoms with E-state index in [2.05, 4.69) is 52.8 Å². The fraction of sp³-hybridized carbons (Fsp3) is 0.222. The van der Waals surface area contributed by atoms with Gasteiger partial charge >= 0.3 is 0 Å². The SMILES string of the molecule is Cc1ccc2c(cnn2CI)c1. The maximum Gasteiger partial charge on any atom is 0.0931 e. The Labute approximate surface area is 84.7 Å². The van der Waals surface area contributed by atoms with Gasteiger partial charge in [0.15, 0.2) is 0 Å². The Kier molecular flexibility index (Phi) is 2.04. The first kappa shape index (κ1) is 8.04. The summed E-state index contributed by atoms with van der Waals surface area (Å²) in [7, 11) is 0. The van der Waals surface area contributed by atoms with Crippen molar-refractivity contribution >= 4 is 33.5 Å². The first-order chi connectivity index (χ1) is 5.81. The molecule has 0 radical (unpaired) electrons. The van der Waals surface area contributed by atoms with Crippen molar-refractivity contribution in [2.45, 2.75) is 11.5 Å². The minimum absolute atomic E-state index is 0.907. The number of fused-ring (bicyclic) bond motifs is 1. The van der Waals surface area contributed by atoms with E-state index in [9.17, 15) is 0 Å². The second kappa shape index (κ2) is 3.05. The number of hydrogen-bond donors (Lipinski definition) is 0. The van der Waals surface area contributed by atoms with E-state index in [0.29, 0.717) is 0 Å². The molecule has 1 heterocycles. The third kappa shape index (κ3) is 1.22. The Morgan fingerprint density at radius 2 is 2.33 bits per heavy atom. The number of alkyl halides is 1. The zero-order chi connectivity index (χ0) is 8.55. The van der Waals surface area contributed by atoms with Gasteiger partial charge in [0.05, 0.1) is 16.3 Å². The topological polar surface area (TPSA) is 17.8 Å². The molecule has 0 aliphatic rings. The molecular formula is C9H9IN2. The van der Waals surface area contributed by atoms with Crippen LogP contribution in [0.4, 0.5) is 0 Å². The summed E-state index contributed by atoms with van der Waals surface area (Å²) < 4.78 is 2.90. The van der Waals surface area contributed by atoms with Crippen LogP contribution in [0.5, 0.6) is 0 Å². The Balaban J connectivity index is 2.73. The minimum atomic E-state index is 0.907. The minimum Gasteiger partial charge on any atom is -0.255 e. The van der Waals surface area contributed by atoms with Gasteiger partial charge < -0.3 is 0 Å². The van der Waals surface area contributed by atoms with E-state index in [4.69, 9.17) is 0 Å². The maximum atomic E-state index is 4.26. The van der Waals surface area contributed by atoms with Crippen molar-refractivity contribution in [2.75, 3.05) is 0 Å². The fourth-order valence-corrected chi connectivity index (χ4v) is 1.85. The lowest BCUT2D eigenvalue weighted by molar-refractivity contribution is 0.797. The standard InChI is InChI=1S/C9H9IN2/c1-7-2-3-9-8(4-7)5-11-12(9)6-10/h2-5H,6H2,1H3. The predicted molar refractivity (Wildman–Crippen MR) is 58.5 cm³/mol. The molecule has 2 nitrogen and oxygen atoms in total. The van der Waals surface area contributed by atoms with Crippen molar-refractivity contribution in [1.82, 2.24) is 9.78 Å². The maximum absolute atomic E-state index is 4.26. The molecule has 0 bridgehead atoms. The van der Waals surface area contributed by atoms with Crippen molar-refractivity contribution in [1.29, 1.82) is 0 Å². The largest absolute Gasteiger partial charge is 0.255 e. The van der Waals surface area contributed by atoms with Gasteiger partial charge in [-0.15, -0.1) is 0 Å². The molecule has 0 saturated heterocycles. The van der Waals surface area contributed by atoms with E-state index in [1.54, 1.807) is 0 Å².